The molecule has 0 aromatic heterocycles. The van der Waals surface area contributed by atoms with Crippen molar-refractivity contribution in [3.8, 4) is 0 Å². The molecule has 1 aromatic carbocycles. The highest BCUT2D eigenvalue weighted by Crippen LogP contribution is 2.23. The van der Waals surface area contributed by atoms with Crippen LogP contribution in [0, 0.1) is 11.8 Å². The lowest BCUT2D eigenvalue weighted by molar-refractivity contribution is -0.126. The minimum absolute atomic E-state index is 0.147. The molecule has 1 aliphatic rings. The lowest BCUT2D eigenvalue weighted by Crippen LogP contribution is -2.24. The maximum absolute atomic E-state index is 12.3. The molecule has 90 valence electrons. The standard InChI is InChI=1S/C16H20O/c1-13(12-14-8-4-2-5-9-14)16(17)15-10-6-3-7-11-15/h2-6,8-9,13,15H,7,10-12H2,1H3. The zero-order chi connectivity index (χ0) is 12.1. The molecule has 0 fully saturated rings. The van der Waals surface area contributed by atoms with Gasteiger partial charge in [-0.15, -0.1) is 0 Å². The smallest absolute Gasteiger partial charge is 0.139 e. The van der Waals surface area contributed by atoms with E-state index in [1.54, 1.807) is 0 Å². The zero-order valence-corrected chi connectivity index (χ0v) is 10.4. The molecule has 0 aliphatic heterocycles. The second-order valence-corrected chi connectivity index (χ2v) is 4.97. The highest BCUT2D eigenvalue weighted by Gasteiger charge is 2.23. The van der Waals surface area contributed by atoms with Gasteiger partial charge in [-0.1, -0.05) is 49.4 Å². The van der Waals surface area contributed by atoms with Crippen LogP contribution in [-0.4, -0.2) is 5.78 Å². The Hall–Kier alpha value is -1.37. The van der Waals surface area contributed by atoms with E-state index in [1.807, 2.05) is 18.2 Å². The van der Waals surface area contributed by atoms with Crippen LogP contribution in [0.15, 0.2) is 42.5 Å². The van der Waals surface area contributed by atoms with Crippen molar-refractivity contribution in [1.29, 1.82) is 0 Å². The summed E-state index contributed by atoms with van der Waals surface area (Å²) in [5.41, 5.74) is 1.26. The van der Waals surface area contributed by atoms with E-state index in [2.05, 4.69) is 31.2 Å². The Kier molecular flexibility index (Phi) is 4.13. The molecule has 1 nitrogen and oxygen atoms in total. The average Bonchev–Trinajstić information content (AvgIpc) is 2.40. The molecule has 0 heterocycles. The van der Waals surface area contributed by atoms with Crippen LogP contribution in [0.25, 0.3) is 0 Å². The summed E-state index contributed by atoms with van der Waals surface area (Å²) in [6.45, 7) is 2.06. The summed E-state index contributed by atoms with van der Waals surface area (Å²) >= 11 is 0. The highest BCUT2D eigenvalue weighted by molar-refractivity contribution is 5.83. The van der Waals surface area contributed by atoms with Gasteiger partial charge in [0, 0.05) is 11.8 Å². The van der Waals surface area contributed by atoms with Crippen LogP contribution in [0.5, 0.6) is 0 Å². The fourth-order valence-electron chi connectivity index (χ4n) is 2.52. The summed E-state index contributed by atoms with van der Waals surface area (Å²) in [5.74, 6) is 0.853. The average molecular weight is 228 g/mol. The molecule has 2 rings (SSSR count). The minimum Gasteiger partial charge on any atom is -0.299 e. The van der Waals surface area contributed by atoms with Crippen LogP contribution in [0.1, 0.15) is 31.7 Å². The van der Waals surface area contributed by atoms with Gasteiger partial charge in [0.15, 0.2) is 0 Å². The van der Waals surface area contributed by atoms with E-state index in [4.69, 9.17) is 0 Å². The monoisotopic (exact) mass is 228 g/mol. The molecule has 0 radical (unpaired) electrons. The largest absolute Gasteiger partial charge is 0.299 e. The first-order valence-corrected chi connectivity index (χ1v) is 6.50. The Balaban J connectivity index is 1.93. The molecule has 0 N–H and O–H groups in total. The molecule has 1 aromatic rings. The van der Waals surface area contributed by atoms with Gasteiger partial charge in [-0.05, 0) is 31.2 Å². The second-order valence-electron chi connectivity index (χ2n) is 4.97. The number of carbonyl (C=O) groups is 1. The van der Waals surface area contributed by atoms with Crippen LogP contribution in [-0.2, 0) is 11.2 Å². The molecule has 0 amide bonds. The van der Waals surface area contributed by atoms with Gasteiger partial charge in [0.25, 0.3) is 0 Å². The fourth-order valence-corrected chi connectivity index (χ4v) is 2.52. The van der Waals surface area contributed by atoms with Crippen LogP contribution in [0.2, 0.25) is 0 Å². The van der Waals surface area contributed by atoms with E-state index in [-0.39, 0.29) is 11.8 Å². The summed E-state index contributed by atoms with van der Waals surface area (Å²) in [5, 5.41) is 0. The van der Waals surface area contributed by atoms with Crippen molar-refractivity contribution in [3.63, 3.8) is 0 Å². The molecule has 1 aliphatic carbocycles. The van der Waals surface area contributed by atoms with Crippen LogP contribution in [0.4, 0.5) is 0 Å². The molecule has 2 atom stereocenters. The van der Waals surface area contributed by atoms with E-state index in [0.29, 0.717) is 5.78 Å². The third-order valence-electron chi connectivity index (χ3n) is 3.54. The van der Waals surface area contributed by atoms with E-state index in [9.17, 15) is 4.79 Å². The Bertz CT molecular complexity index is 391. The van der Waals surface area contributed by atoms with Crippen molar-refractivity contribution < 1.29 is 4.79 Å². The van der Waals surface area contributed by atoms with Gasteiger partial charge in [-0.3, -0.25) is 4.79 Å². The van der Waals surface area contributed by atoms with E-state index in [1.165, 1.54) is 5.56 Å². The summed E-state index contributed by atoms with van der Waals surface area (Å²) < 4.78 is 0. The van der Waals surface area contributed by atoms with Gasteiger partial charge < -0.3 is 0 Å². The van der Waals surface area contributed by atoms with Crippen LogP contribution in [0.3, 0.4) is 0 Å². The number of allylic oxidation sites excluding steroid dienone is 2. The van der Waals surface area contributed by atoms with Gasteiger partial charge >= 0.3 is 0 Å². The number of benzene rings is 1. The molecule has 17 heavy (non-hydrogen) atoms. The molecular weight excluding hydrogens is 208 g/mol. The first-order valence-electron chi connectivity index (χ1n) is 6.50. The predicted octanol–water partition coefficient (Wildman–Crippen LogP) is 3.79. The fraction of sp³-hybridized carbons (Fsp3) is 0.438. The number of hydrogen-bond donors (Lipinski definition) is 0. The quantitative estimate of drug-likeness (QED) is 0.716. The predicted molar refractivity (Wildman–Crippen MR) is 70.8 cm³/mol. The van der Waals surface area contributed by atoms with E-state index < -0.39 is 0 Å². The van der Waals surface area contributed by atoms with Gasteiger partial charge in [0.1, 0.15) is 5.78 Å². The zero-order valence-electron chi connectivity index (χ0n) is 10.4. The van der Waals surface area contributed by atoms with Crippen molar-refractivity contribution in [2.75, 3.05) is 0 Å². The number of hydrogen-bond acceptors (Lipinski definition) is 1. The maximum atomic E-state index is 12.3. The molecule has 2 unspecified atom stereocenters. The van der Waals surface area contributed by atoms with Crippen molar-refractivity contribution in [2.45, 2.75) is 32.6 Å². The van der Waals surface area contributed by atoms with Gasteiger partial charge in [-0.25, -0.2) is 0 Å². The van der Waals surface area contributed by atoms with Crippen molar-refractivity contribution in [2.24, 2.45) is 11.8 Å². The van der Waals surface area contributed by atoms with Crippen molar-refractivity contribution in [3.05, 3.63) is 48.0 Å². The molecule has 1 heteroatoms. The first-order chi connectivity index (χ1) is 8.27. The minimum atomic E-state index is 0.147. The Morgan fingerprint density at radius 1 is 1.29 bits per heavy atom. The molecule has 0 bridgehead atoms. The first kappa shape index (κ1) is 12.1. The van der Waals surface area contributed by atoms with Gasteiger partial charge in [-0.2, -0.15) is 0 Å². The highest BCUT2D eigenvalue weighted by atomic mass is 16.1. The number of ketones is 1. The number of carbonyl (C=O) groups excluding carboxylic acids is 1. The normalized spacial score (nSPS) is 21.1. The maximum Gasteiger partial charge on any atom is 0.139 e. The molecular formula is C16H20O. The Morgan fingerprint density at radius 3 is 2.71 bits per heavy atom. The van der Waals surface area contributed by atoms with E-state index >= 15 is 0 Å². The number of rotatable bonds is 4. The third-order valence-corrected chi connectivity index (χ3v) is 3.54. The van der Waals surface area contributed by atoms with Gasteiger partial charge in [0.05, 0.1) is 0 Å². The Morgan fingerprint density at radius 2 is 2.06 bits per heavy atom. The van der Waals surface area contributed by atoms with E-state index in [0.717, 1.165) is 25.7 Å². The summed E-state index contributed by atoms with van der Waals surface area (Å²) in [7, 11) is 0. The van der Waals surface area contributed by atoms with Crippen LogP contribution < -0.4 is 0 Å². The van der Waals surface area contributed by atoms with Gasteiger partial charge in [0.2, 0.25) is 0 Å². The molecule has 0 saturated carbocycles. The second kappa shape index (κ2) is 5.81. The summed E-state index contributed by atoms with van der Waals surface area (Å²) in [6, 6.07) is 10.3. The Labute approximate surface area is 104 Å². The topological polar surface area (TPSA) is 17.1 Å². The van der Waals surface area contributed by atoms with Crippen LogP contribution >= 0.6 is 0 Å². The lowest BCUT2D eigenvalue weighted by Gasteiger charge is -2.20. The molecule has 0 saturated heterocycles. The SMILES string of the molecule is CC(Cc1ccccc1)C(=O)C1CC=CCC1. The third kappa shape index (κ3) is 3.29. The number of Topliss-reactive ketones (excluding diaryl/α,β-unsaturated/α-hetero) is 1. The molecule has 0 spiro atoms. The summed E-state index contributed by atoms with van der Waals surface area (Å²) in [4.78, 5) is 12.3. The lowest BCUT2D eigenvalue weighted by atomic mass is 9.83. The van der Waals surface area contributed by atoms with Crippen molar-refractivity contribution >= 4 is 5.78 Å². The summed E-state index contributed by atoms with van der Waals surface area (Å²) in [6.07, 6.45) is 8.26. The van der Waals surface area contributed by atoms with Crippen molar-refractivity contribution in [1.82, 2.24) is 0 Å².